The monoisotopic (exact) mass is 953 g/mol. The van der Waals surface area contributed by atoms with E-state index in [1.807, 2.05) is 0 Å². The molecule has 328 valence electrons. The van der Waals surface area contributed by atoms with Gasteiger partial charge in [-0.05, 0) is 193 Å². The Hall–Kier alpha value is -8.56. The second-order valence-electron chi connectivity index (χ2n) is 18.2. The molecule has 0 amide bonds. The molecule has 0 atom stereocenters. The Labute approximate surface area is 415 Å². The largest absolute Gasteiger partial charge is 0.311 e. The Bertz CT molecular complexity index is 4240. The summed E-state index contributed by atoms with van der Waals surface area (Å²) in [5, 5.41) is 20.8. The van der Waals surface area contributed by atoms with Crippen LogP contribution < -0.4 is 4.90 Å². The van der Waals surface area contributed by atoms with Crippen LogP contribution in [0.1, 0.15) is 0 Å². The van der Waals surface area contributed by atoms with Gasteiger partial charge in [-0.1, -0.05) is 198 Å². The summed E-state index contributed by atoms with van der Waals surface area (Å²) in [5.41, 5.74) is 8.33. The molecule has 14 rings (SSSR count). The number of fused-ring (bicyclic) bond motifs is 14. The Morgan fingerprint density at radius 1 is 0.200 bits per heavy atom. The van der Waals surface area contributed by atoms with Crippen LogP contribution >= 0.6 is 15.9 Å². The van der Waals surface area contributed by atoms with Gasteiger partial charge < -0.3 is 4.90 Å². The van der Waals surface area contributed by atoms with Crippen molar-refractivity contribution in [2.24, 2.45) is 0 Å². The first kappa shape index (κ1) is 41.6. The summed E-state index contributed by atoms with van der Waals surface area (Å²) < 4.78 is 1.10. The zero-order chi connectivity index (χ0) is 46.5. The number of halogens is 1. The predicted octanol–water partition coefficient (Wildman–Crippen LogP) is 20.2. The van der Waals surface area contributed by atoms with Gasteiger partial charge in [0, 0.05) is 21.5 Å². The Kier molecular flexibility index (Phi) is 10.4. The first-order chi connectivity index (χ1) is 34.6. The van der Waals surface area contributed by atoms with Crippen molar-refractivity contribution in [1.82, 2.24) is 0 Å². The number of para-hydroxylation sites is 2. The Balaban J connectivity index is 0.000000146. The summed E-state index contributed by atoms with van der Waals surface area (Å²) >= 11 is 3.54. The molecule has 0 N–H and O–H groups in total. The van der Waals surface area contributed by atoms with Gasteiger partial charge in [0.05, 0.1) is 0 Å². The molecular formula is C68H44BrN. The standard InChI is InChI=1S/C40H27N.C28H17Br/c1-3-13-32(14-4-1)41(33-15-5-2-6-16-33)34-22-19-28(20-23-34)31-21-24-37-38(27-31)35-17-9-10-18-36(35)39-25-29-11-7-8-12-30(29)26-40(37)39;29-22-12-9-18(10-13-22)21-11-14-25-26(17-21)23-7-3-4-8-24(23)27-15-19-5-1-2-6-20(19)16-28(25)27/h1-27H;1-17H. The molecule has 0 spiro atoms. The predicted molar refractivity (Wildman–Crippen MR) is 306 cm³/mol. The van der Waals surface area contributed by atoms with Gasteiger partial charge in [0.25, 0.3) is 0 Å². The minimum Gasteiger partial charge on any atom is -0.311 e. The van der Waals surface area contributed by atoms with E-state index in [0.717, 1.165) is 21.5 Å². The van der Waals surface area contributed by atoms with Crippen molar-refractivity contribution in [2.45, 2.75) is 0 Å². The van der Waals surface area contributed by atoms with E-state index in [1.54, 1.807) is 0 Å². The lowest BCUT2D eigenvalue weighted by molar-refractivity contribution is 1.28. The zero-order valence-corrected chi connectivity index (χ0v) is 39.8. The summed E-state index contributed by atoms with van der Waals surface area (Å²) in [6.45, 7) is 0. The quantitative estimate of drug-likeness (QED) is 0.123. The molecule has 0 fully saturated rings. The van der Waals surface area contributed by atoms with E-state index in [-0.39, 0.29) is 0 Å². The summed E-state index contributed by atoms with van der Waals surface area (Å²) in [6.07, 6.45) is 0. The third kappa shape index (κ3) is 7.42. The minimum atomic E-state index is 1.10. The normalized spacial score (nSPS) is 11.5. The van der Waals surface area contributed by atoms with Gasteiger partial charge in [-0.25, -0.2) is 0 Å². The highest BCUT2D eigenvalue weighted by atomic mass is 79.9. The van der Waals surface area contributed by atoms with Crippen molar-refractivity contribution in [2.75, 3.05) is 4.90 Å². The zero-order valence-electron chi connectivity index (χ0n) is 38.2. The average Bonchev–Trinajstić information content (AvgIpc) is 3.43. The molecule has 0 saturated heterocycles. The lowest BCUT2D eigenvalue weighted by Gasteiger charge is -2.25. The third-order valence-electron chi connectivity index (χ3n) is 14.1. The maximum atomic E-state index is 3.54. The molecule has 2 heteroatoms. The van der Waals surface area contributed by atoms with E-state index >= 15 is 0 Å². The molecule has 14 aromatic rings. The molecule has 70 heavy (non-hydrogen) atoms. The molecule has 0 heterocycles. The fourth-order valence-corrected chi connectivity index (χ4v) is 11.0. The highest BCUT2D eigenvalue weighted by Gasteiger charge is 2.15. The maximum absolute atomic E-state index is 3.54. The molecule has 0 aliphatic heterocycles. The van der Waals surface area contributed by atoms with Crippen LogP contribution in [0.3, 0.4) is 0 Å². The summed E-state index contributed by atoms with van der Waals surface area (Å²) in [6, 6.07) is 96.7. The second kappa shape index (κ2) is 17.5. The average molecular weight is 955 g/mol. The molecule has 0 unspecified atom stereocenters. The molecule has 1 nitrogen and oxygen atoms in total. The molecule has 0 aliphatic rings. The first-order valence-corrected chi connectivity index (χ1v) is 24.7. The fraction of sp³-hybridized carbons (Fsp3) is 0. The summed E-state index contributed by atoms with van der Waals surface area (Å²) in [4.78, 5) is 2.30. The van der Waals surface area contributed by atoms with Gasteiger partial charge in [-0.15, -0.1) is 0 Å². The Morgan fingerprint density at radius 2 is 0.471 bits per heavy atom. The van der Waals surface area contributed by atoms with Crippen molar-refractivity contribution >= 4 is 119 Å². The third-order valence-corrected chi connectivity index (χ3v) is 14.6. The van der Waals surface area contributed by atoms with E-state index in [4.69, 9.17) is 0 Å². The van der Waals surface area contributed by atoms with Crippen LogP contribution in [0.5, 0.6) is 0 Å². The fourth-order valence-electron chi connectivity index (χ4n) is 10.7. The van der Waals surface area contributed by atoms with E-state index in [1.165, 1.54) is 108 Å². The van der Waals surface area contributed by atoms with Gasteiger partial charge in [0.2, 0.25) is 0 Å². The lowest BCUT2D eigenvalue weighted by Crippen LogP contribution is -2.09. The number of hydrogen-bond acceptors (Lipinski definition) is 1. The van der Waals surface area contributed by atoms with Crippen LogP contribution in [0, 0.1) is 0 Å². The van der Waals surface area contributed by atoms with Crippen LogP contribution in [-0.4, -0.2) is 0 Å². The highest BCUT2D eigenvalue weighted by Crippen LogP contribution is 2.42. The highest BCUT2D eigenvalue weighted by molar-refractivity contribution is 9.10. The molecule has 0 radical (unpaired) electrons. The van der Waals surface area contributed by atoms with Gasteiger partial charge >= 0.3 is 0 Å². The van der Waals surface area contributed by atoms with Gasteiger partial charge in [0.15, 0.2) is 0 Å². The van der Waals surface area contributed by atoms with Gasteiger partial charge in [0.1, 0.15) is 0 Å². The van der Waals surface area contributed by atoms with Crippen molar-refractivity contribution in [1.29, 1.82) is 0 Å². The van der Waals surface area contributed by atoms with Gasteiger partial charge in [-0.2, -0.15) is 0 Å². The SMILES string of the molecule is Brc1ccc(-c2ccc3c(c2)c2ccccc2c2cc4ccccc4cc32)cc1.c1ccc(N(c2ccccc2)c2ccc(-c3ccc4c(c3)c3ccccc3c3cc5ccccc5cc43)cc2)cc1. The lowest BCUT2D eigenvalue weighted by atomic mass is 9.90. The topological polar surface area (TPSA) is 3.24 Å². The van der Waals surface area contributed by atoms with Crippen LogP contribution in [0.25, 0.3) is 108 Å². The van der Waals surface area contributed by atoms with Crippen molar-refractivity contribution in [3.63, 3.8) is 0 Å². The van der Waals surface area contributed by atoms with Crippen LogP contribution in [0.4, 0.5) is 17.1 Å². The molecule has 0 saturated carbocycles. The number of anilines is 3. The van der Waals surface area contributed by atoms with Crippen molar-refractivity contribution in [3.05, 3.63) is 271 Å². The molecule has 0 bridgehead atoms. The molecule has 0 aromatic heterocycles. The van der Waals surface area contributed by atoms with Crippen LogP contribution in [0.15, 0.2) is 271 Å². The molecular weight excluding hydrogens is 911 g/mol. The van der Waals surface area contributed by atoms with E-state index in [9.17, 15) is 0 Å². The van der Waals surface area contributed by atoms with E-state index in [0.29, 0.717) is 0 Å². The summed E-state index contributed by atoms with van der Waals surface area (Å²) in [7, 11) is 0. The van der Waals surface area contributed by atoms with E-state index in [2.05, 4.69) is 288 Å². The Morgan fingerprint density at radius 3 is 0.843 bits per heavy atom. The molecule has 14 aromatic carbocycles. The number of nitrogens with zero attached hydrogens (tertiary/aromatic N) is 1. The summed E-state index contributed by atoms with van der Waals surface area (Å²) in [5.74, 6) is 0. The number of hydrogen-bond donors (Lipinski definition) is 0. The van der Waals surface area contributed by atoms with Crippen LogP contribution in [-0.2, 0) is 0 Å². The minimum absolute atomic E-state index is 1.10. The van der Waals surface area contributed by atoms with Crippen molar-refractivity contribution in [3.8, 4) is 22.3 Å². The molecule has 0 aliphatic carbocycles. The number of rotatable bonds is 5. The first-order valence-electron chi connectivity index (χ1n) is 23.9. The number of benzene rings is 14. The van der Waals surface area contributed by atoms with Crippen LogP contribution in [0.2, 0.25) is 0 Å². The van der Waals surface area contributed by atoms with Crippen molar-refractivity contribution < 1.29 is 0 Å². The maximum Gasteiger partial charge on any atom is 0.0462 e. The van der Waals surface area contributed by atoms with E-state index < -0.39 is 0 Å². The smallest absolute Gasteiger partial charge is 0.0462 e. The second-order valence-corrected chi connectivity index (χ2v) is 19.1. The van der Waals surface area contributed by atoms with Gasteiger partial charge in [-0.3, -0.25) is 0 Å².